The van der Waals surface area contributed by atoms with Crippen LogP contribution in [-0.4, -0.2) is 37.0 Å². The standard InChI is InChI=1S/C22H27FN2O2/c1-17(19-7-9-20(23)10-8-19)24-15-18-11-13-25(14-12-18)22(26)16-27-21-5-3-2-4-6-21/h2-10,17-18,24H,11-16H2,1H3/t17-/m0/s1. The third kappa shape index (κ3) is 5.79. The highest BCUT2D eigenvalue weighted by atomic mass is 19.1. The molecule has 1 aliphatic rings. The highest BCUT2D eigenvalue weighted by Crippen LogP contribution is 2.19. The SMILES string of the molecule is C[C@H](NCC1CCN(C(=O)COc2ccccc2)CC1)c1ccc(F)cc1. The summed E-state index contributed by atoms with van der Waals surface area (Å²) in [6, 6.07) is 16.2. The number of hydrogen-bond acceptors (Lipinski definition) is 3. The molecule has 1 atom stereocenters. The molecule has 2 aromatic rings. The third-order valence-corrected chi connectivity index (χ3v) is 5.16. The summed E-state index contributed by atoms with van der Waals surface area (Å²) in [6.45, 7) is 4.63. The van der Waals surface area contributed by atoms with Crippen LogP contribution < -0.4 is 10.1 Å². The van der Waals surface area contributed by atoms with Gasteiger partial charge in [0.05, 0.1) is 0 Å². The number of benzene rings is 2. The molecule has 2 aromatic carbocycles. The van der Waals surface area contributed by atoms with Crippen molar-refractivity contribution in [2.75, 3.05) is 26.2 Å². The van der Waals surface area contributed by atoms with Crippen LogP contribution in [0.5, 0.6) is 5.75 Å². The number of para-hydroxylation sites is 1. The second kappa shape index (κ2) is 9.51. The lowest BCUT2D eigenvalue weighted by Gasteiger charge is -2.32. The molecule has 1 heterocycles. The zero-order valence-electron chi connectivity index (χ0n) is 15.7. The Hall–Kier alpha value is -2.40. The summed E-state index contributed by atoms with van der Waals surface area (Å²) in [4.78, 5) is 14.2. The zero-order chi connectivity index (χ0) is 19.1. The average molecular weight is 370 g/mol. The van der Waals surface area contributed by atoms with Crippen molar-refractivity contribution in [3.8, 4) is 5.75 Å². The minimum atomic E-state index is -0.209. The quantitative estimate of drug-likeness (QED) is 0.806. The summed E-state index contributed by atoms with van der Waals surface area (Å²) in [6.07, 6.45) is 1.97. The van der Waals surface area contributed by atoms with Gasteiger partial charge < -0.3 is 15.0 Å². The Morgan fingerprint density at radius 2 is 1.81 bits per heavy atom. The molecule has 1 saturated heterocycles. The van der Waals surface area contributed by atoms with E-state index in [1.54, 1.807) is 0 Å². The normalized spacial score (nSPS) is 16.1. The summed E-state index contributed by atoms with van der Waals surface area (Å²) in [5.74, 6) is 1.11. The first kappa shape index (κ1) is 19.4. The first-order chi connectivity index (χ1) is 13.1. The van der Waals surface area contributed by atoms with Gasteiger partial charge in [-0.2, -0.15) is 0 Å². The van der Waals surface area contributed by atoms with Crippen molar-refractivity contribution in [2.45, 2.75) is 25.8 Å². The lowest BCUT2D eigenvalue weighted by atomic mass is 9.96. The van der Waals surface area contributed by atoms with Gasteiger partial charge in [-0.1, -0.05) is 30.3 Å². The molecule has 0 bridgehead atoms. The molecule has 3 rings (SSSR count). The van der Waals surface area contributed by atoms with Crippen LogP contribution in [0.15, 0.2) is 54.6 Å². The molecular formula is C22H27FN2O2. The van der Waals surface area contributed by atoms with Gasteiger partial charge in [0.25, 0.3) is 5.91 Å². The summed E-state index contributed by atoms with van der Waals surface area (Å²) in [5, 5.41) is 3.53. The predicted octanol–water partition coefficient (Wildman–Crippen LogP) is 3.79. The lowest BCUT2D eigenvalue weighted by Crippen LogP contribution is -2.43. The van der Waals surface area contributed by atoms with Crippen LogP contribution in [0.4, 0.5) is 4.39 Å². The topological polar surface area (TPSA) is 41.6 Å². The summed E-state index contributed by atoms with van der Waals surface area (Å²) < 4.78 is 18.6. The van der Waals surface area contributed by atoms with Crippen molar-refractivity contribution in [2.24, 2.45) is 5.92 Å². The van der Waals surface area contributed by atoms with Gasteiger partial charge >= 0.3 is 0 Å². The fraction of sp³-hybridized carbons (Fsp3) is 0.409. The van der Waals surface area contributed by atoms with Gasteiger partial charge in [-0.15, -0.1) is 0 Å². The number of hydrogen-bond donors (Lipinski definition) is 1. The second-order valence-electron chi connectivity index (χ2n) is 7.11. The van der Waals surface area contributed by atoms with Gasteiger partial charge in [-0.25, -0.2) is 4.39 Å². The van der Waals surface area contributed by atoms with E-state index in [4.69, 9.17) is 4.74 Å². The van der Waals surface area contributed by atoms with Gasteiger partial charge in [0.1, 0.15) is 11.6 Å². The number of nitrogens with zero attached hydrogens (tertiary/aromatic N) is 1. The van der Waals surface area contributed by atoms with Crippen molar-refractivity contribution in [3.05, 3.63) is 66.0 Å². The maximum Gasteiger partial charge on any atom is 0.260 e. The molecular weight excluding hydrogens is 343 g/mol. The minimum absolute atomic E-state index is 0.0462. The number of ether oxygens (including phenoxy) is 1. The smallest absolute Gasteiger partial charge is 0.260 e. The fourth-order valence-electron chi connectivity index (χ4n) is 3.35. The molecule has 0 aliphatic carbocycles. The van der Waals surface area contributed by atoms with Crippen LogP contribution in [0.2, 0.25) is 0 Å². The molecule has 5 heteroatoms. The Kier molecular flexibility index (Phi) is 6.82. The van der Waals surface area contributed by atoms with Gasteiger partial charge in [-0.05, 0) is 62.1 Å². The van der Waals surface area contributed by atoms with E-state index < -0.39 is 0 Å². The van der Waals surface area contributed by atoms with Crippen LogP contribution in [-0.2, 0) is 4.79 Å². The van der Waals surface area contributed by atoms with E-state index in [2.05, 4.69) is 12.2 Å². The highest BCUT2D eigenvalue weighted by Gasteiger charge is 2.23. The first-order valence-electron chi connectivity index (χ1n) is 9.56. The average Bonchev–Trinajstić information content (AvgIpc) is 2.72. The van der Waals surface area contributed by atoms with E-state index in [0.29, 0.717) is 5.92 Å². The number of carbonyl (C=O) groups is 1. The van der Waals surface area contributed by atoms with Gasteiger partial charge in [-0.3, -0.25) is 4.79 Å². The van der Waals surface area contributed by atoms with Crippen LogP contribution in [0.1, 0.15) is 31.4 Å². The van der Waals surface area contributed by atoms with Crippen molar-refractivity contribution in [1.82, 2.24) is 10.2 Å². The monoisotopic (exact) mass is 370 g/mol. The van der Waals surface area contributed by atoms with E-state index in [1.165, 1.54) is 12.1 Å². The molecule has 1 N–H and O–H groups in total. The Morgan fingerprint density at radius 1 is 1.15 bits per heavy atom. The second-order valence-corrected chi connectivity index (χ2v) is 7.11. The van der Waals surface area contributed by atoms with E-state index in [-0.39, 0.29) is 24.4 Å². The molecule has 0 saturated carbocycles. The maximum atomic E-state index is 13.0. The van der Waals surface area contributed by atoms with Gasteiger partial charge in [0, 0.05) is 19.1 Å². The molecule has 1 aliphatic heterocycles. The van der Waals surface area contributed by atoms with Gasteiger partial charge in [0.2, 0.25) is 0 Å². The molecule has 4 nitrogen and oxygen atoms in total. The zero-order valence-corrected chi connectivity index (χ0v) is 15.7. The molecule has 0 radical (unpaired) electrons. The molecule has 1 amide bonds. The fourth-order valence-corrected chi connectivity index (χ4v) is 3.35. The van der Waals surface area contributed by atoms with Crippen LogP contribution in [0.25, 0.3) is 0 Å². The number of rotatable bonds is 7. The molecule has 144 valence electrons. The number of likely N-dealkylation sites (tertiary alicyclic amines) is 1. The van der Waals surface area contributed by atoms with Gasteiger partial charge in [0.15, 0.2) is 6.61 Å². The van der Waals surface area contributed by atoms with E-state index in [1.807, 2.05) is 47.4 Å². The molecule has 0 spiro atoms. The predicted molar refractivity (Wildman–Crippen MR) is 104 cm³/mol. The summed E-state index contributed by atoms with van der Waals surface area (Å²) in [7, 11) is 0. The van der Waals surface area contributed by atoms with Crippen molar-refractivity contribution >= 4 is 5.91 Å². The number of halogens is 1. The van der Waals surface area contributed by atoms with E-state index in [0.717, 1.165) is 43.8 Å². The largest absolute Gasteiger partial charge is 0.484 e. The minimum Gasteiger partial charge on any atom is -0.484 e. The molecule has 1 fully saturated rings. The number of piperidine rings is 1. The van der Waals surface area contributed by atoms with Crippen molar-refractivity contribution < 1.29 is 13.9 Å². The summed E-state index contributed by atoms with van der Waals surface area (Å²) in [5.41, 5.74) is 1.09. The van der Waals surface area contributed by atoms with Crippen molar-refractivity contribution in [3.63, 3.8) is 0 Å². The Bertz CT molecular complexity index is 713. The Balaban J connectivity index is 1.37. The van der Waals surface area contributed by atoms with E-state index >= 15 is 0 Å². The van der Waals surface area contributed by atoms with Crippen LogP contribution in [0.3, 0.4) is 0 Å². The number of nitrogens with one attached hydrogen (secondary N) is 1. The molecule has 0 unspecified atom stereocenters. The Labute approximate surface area is 160 Å². The maximum absolute atomic E-state index is 13.0. The molecule has 0 aromatic heterocycles. The van der Waals surface area contributed by atoms with Crippen molar-refractivity contribution in [1.29, 1.82) is 0 Å². The third-order valence-electron chi connectivity index (χ3n) is 5.16. The van der Waals surface area contributed by atoms with Crippen LogP contribution in [0, 0.1) is 11.7 Å². The lowest BCUT2D eigenvalue weighted by molar-refractivity contribution is -0.134. The summed E-state index contributed by atoms with van der Waals surface area (Å²) >= 11 is 0. The first-order valence-corrected chi connectivity index (χ1v) is 9.56. The van der Waals surface area contributed by atoms with Crippen LogP contribution >= 0.6 is 0 Å². The Morgan fingerprint density at radius 3 is 2.48 bits per heavy atom. The highest BCUT2D eigenvalue weighted by molar-refractivity contribution is 5.77. The number of amides is 1. The number of carbonyl (C=O) groups excluding carboxylic acids is 1. The van der Waals surface area contributed by atoms with E-state index in [9.17, 15) is 9.18 Å². The molecule has 27 heavy (non-hydrogen) atoms.